The number of carbonyl (C=O) groups is 1. The van der Waals surface area contributed by atoms with Crippen molar-refractivity contribution < 1.29 is 4.79 Å². The summed E-state index contributed by atoms with van der Waals surface area (Å²) in [6.45, 7) is 0.390. The third-order valence-electron chi connectivity index (χ3n) is 8.94. The molecule has 216 valence electrons. The molecule has 1 fully saturated rings. The van der Waals surface area contributed by atoms with Gasteiger partial charge in [0.2, 0.25) is 5.91 Å². The predicted molar refractivity (Wildman–Crippen MR) is 175 cm³/mol. The highest BCUT2D eigenvalue weighted by Crippen LogP contribution is 2.44. The van der Waals surface area contributed by atoms with Gasteiger partial charge in [-0.05, 0) is 54.5 Å². The van der Waals surface area contributed by atoms with Crippen LogP contribution in [0.2, 0.25) is 0 Å². The molecule has 1 amide bonds. The summed E-state index contributed by atoms with van der Waals surface area (Å²) >= 11 is 1.59. The molecule has 0 bridgehead atoms. The molecule has 43 heavy (non-hydrogen) atoms. The van der Waals surface area contributed by atoms with Gasteiger partial charge in [0.15, 0.2) is 5.13 Å². The van der Waals surface area contributed by atoms with Crippen LogP contribution in [0, 0.1) is 5.92 Å². The largest absolute Gasteiger partial charge is 0.319 e. The van der Waals surface area contributed by atoms with E-state index in [1.54, 1.807) is 11.3 Å². The summed E-state index contributed by atoms with van der Waals surface area (Å²) in [6, 6.07) is 29.6. The molecule has 6 heteroatoms. The Balaban J connectivity index is 1.33. The van der Waals surface area contributed by atoms with Gasteiger partial charge in [0.25, 0.3) is 0 Å². The molecular weight excluding hydrogens is 549 g/mol. The zero-order valence-electron chi connectivity index (χ0n) is 24.3. The van der Waals surface area contributed by atoms with Gasteiger partial charge in [0.1, 0.15) is 5.54 Å². The van der Waals surface area contributed by atoms with Crippen molar-refractivity contribution in [3.05, 3.63) is 138 Å². The van der Waals surface area contributed by atoms with Gasteiger partial charge < -0.3 is 4.57 Å². The number of anilines is 1. The van der Waals surface area contributed by atoms with Crippen molar-refractivity contribution in [3.63, 3.8) is 0 Å². The molecule has 0 radical (unpaired) electrons. The highest BCUT2D eigenvalue weighted by molar-refractivity contribution is 7.22. The zero-order valence-corrected chi connectivity index (χ0v) is 25.1. The van der Waals surface area contributed by atoms with Crippen LogP contribution in [0.25, 0.3) is 10.2 Å². The van der Waals surface area contributed by atoms with Crippen molar-refractivity contribution in [1.29, 1.82) is 0 Å². The second kappa shape index (κ2) is 12.1. The summed E-state index contributed by atoms with van der Waals surface area (Å²) in [7, 11) is 0. The Kier molecular flexibility index (Phi) is 7.77. The SMILES string of the molecule is O=C(C1CCCCC1)N(Cc1cn(C(C2=CC=CCC2)(c2ccccc2)c2ccccc2)cn1)c1nc2ccccc2s1. The lowest BCUT2D eigenvalue weighted by Crippen LogP contribution is -2.38. The Bertz CT molecular complexity index is 1690. The molecule has 3 aromatic carbocycles. The van der Waals surface area contributed by atoms with Crippen LogP contribution in [0.3, 0.4) is 0 Å². The number of para-hydroxylation sites is 1. The number of hydrogen-bond acceptors (Lipinski definition) is 4. The molecule has 2 heterocycles. The Labute approximate surface area is 257 Å². The first-order valence-corrected chi connectivity index (χ1v) is 16.2. The van der Waals surface area contributed by atoms with Crippen molar-refractivity contribution in [3.8, 4) is 0 Å². The standard InChI is InChI=1S/C37H36N4OS/c42-35(28-15-5-1-6-16-28)41(36-39-33-23-13-14-24-34(33)43-36)26-32-25-40(27-38-32)37(29-17-7-2-8-18-29,30-19-9-3-10-20-30)31-21-11-4-12-22-31/h2-4,7-11,13-14,17-21,23-25,27-28H,1,5-6,12,15-16,22,26H2. The molecular formula is C37H36N4OS. The summed E-state index contributed by atoms with van der Waals surface area (Å²) in [5.74, 6) is 0.209. The number of benzene rings is 3. The molecule has 2 aromatic heterocycles. The van der Waals surface area contributed by atoms with Crippen molar-refractivity contribution >= 4 is 32.6 Å². The second-order valence-electron chi connectivity index (χ2n) is 11.6. The van der Waals surface area contributed by atoms with Gasteiger partial charge in [-0.25, -0.2) is 9.97 Å². The highest BCUT2D eigenvalue weighted by atomic mass is 32.1. The van der Waals surface area contributed by atoms with Crippen LogP contribution in [0.4, 0.5) is 5.13 Å². The molecule has 5 nitrogen and oxygen atoms in total. The summed E-state index contributed by atoms with van der Waals surface area (Å²) in [4.78, 5) is 25.9. The van der Waals surface area contributed by atoms with Crippen molar-refractivity contribution in [1.82, 2.24) is 14.5 Å². The second-order valence-corrected chi connectivity index (χ2v) is 12.6. The number of allylic oxidation sites excluding steroid dienone is 4. The number of thiazole rings is 1. The number of imidazole rings is 1. The summed E-state index contributed by atoms with van der Waals surface area (Å²) in [6.07, 6.45) is 18.0. The number of rotatable bonds is 8. The van der Waals surface area contributed by atoms with E-state index in [-0.39, 0.29) is 11.8 Å². The lowest BCUT2D eigenvalue weighted by Gasteiger charge is -2.39. The number of nitrogens with zero attached hydrogens (tertiary/aromatic N) is 4. The third-order valence-corrected chi connectivity index (χ3v) is 10.00. The van der Waals surface area contributed by atoms with Crippen molar-refractivity contribution in [2.45, 2.75) is 57.0 Å². The maximum absolute atomic E-state index is 14.1. The monoisotopic (exact) mass is 584 g/mol. The Morgan fingerprint density at radius 3 is 2.28 bits per heavy atom. The summed E-state index contributed by atoms with van der Waals surface area (Å²) in [5.41, 5.74) is 4.91. The first-order valence-electron chi connectivity index (χ1n) is 15.4. The quantitative estimate of drug-likeness (QED) is 0.183. The minimum absolute atomic E-state index is 0.0368. The number of carbonyl (C=O) groups excluding carboxylic acids is 1. The van der Waals surface area contributed by atoms with Crippen LogP contribution in [-0.4, -0.2) is 20.4 Å². The van der Waals surface area contributed by atoms with Gasteiger partial charge in [-0.2, -0.15) is 0 Å². The molecule has 2 aliphatic rings. The van der Waals surface area contributed by atoms with Gasteiger partial charge in [0, 0.05) is 12.1 Å². The van der Waals surface area contributed by atoms with Crippen molar-refractivity contribution in [2.75, 3.05) is 4.90 Å². The third kappa shape index (κ3) is 5.25. The molecule has 0 spiro atoms. The van der Waals surface area contributed by atoms with E-state index >= 15 is 0 Å². The first-order chi connectivity index (χ1) is 21.2. The summed E-state index contributed by atoms with van der Waals surface area (Å²) in [5, 5.41) is 0.754. The fourth-order valence-corrected chi connectivity index (χ4v) is 7.81. The lowest BCUT2D eigenvalue weighted by molar-refractivity contribution is -0.123. The van der Waals surface area contributed by atoms with Crippen LogP contribution in [-0.2, 0) is 16.9 Å². The molecule has 0 saturated heterocycles. The van der Waals surface area contributed by atoms with Gasteiger partial charge in [0.05, 0.1) is 28.8 Å². The average molecular weight is 585 g/mol. The van der Waals surface area contributed by atoms with E-state index in [9.17, 15) is 4.79 Å². The number of hydrogen-bond donors (Lipinski definition) is 0. The highest BCUT2D eigenvalue weighted by Gasteiger charge is 2.40. The Morgan fingerprint density at radius 2 is 1.60 bits per heavy atom. The molecule has 0 aliphatic heterocycles. The van der Waals surface area contributed by atoms with Gasteiger partial charge in [-0.15, -0.1) is 0 Å². The molecule has 1 saturated carbocycles. The number of fused-ring (bicyclic) bond motifs is 1. The predicted octanol–water partition coefficient (Wildman–Crippen LogP) is 8.67. The van der Waals surface area contributed by atoms with Gasteiger partial charge in [-0.1, -0.05) is 122 Å². The van der Waals surface area contributed by atoms with Crippen LogP contribution in [0.1, 0.15) is 61.8 Å². The molecule has 0 unspecified atom stereocenters. The fourth-order valence-electron chi connectivity index (χ4n) is 6.84. The smallest absolute Gasteiger partial charge is 0.232 e. The van der Waals surface area contributed by atoms with E-state index in [0.717, 1.165) is 59.6 Å². The van der Waals surface area contributed by atoms with E-state index < -0.39 is 5.54 Å². The molecule has 2 aliphatic carbocycles. The maximum Gasteiger partial charge on any atom is 0.232 e. The van der Waals surface area contributed by atoms with E-state index in [0.29, 0.717) is 6.54 Å². The van der Waals surface area contributed by atoms with Crippen molar-refractivity contribution in [2.24, 2.45) is 5.92 Å². The normalized spacial score (nSPS) is 15.9. The van der Waals surface area contributed by atoms with Crippen LogP contribution >= 0.6 is 11.3 Å². The number of amides is 1. The topological polar surface area (TPSA) is 51.0 Å². The molecule has 0 N–H and O–H groups in total. The molecule has 5 aromatic rings. The van der Waals surface area contributed by atoms with E-state index in [4.69, 9.17) is 9.97 Å². The average Bonchev–Trinajstić information content (AvgIpc) is 3.73. The molecule has 0 atom stereocenters. The zero-order chi connectivity index (χ0) is 29.1. The molecule has 7 rings (SSSR count). The van der Waals surface area contributed by atoms with Crippen LogP contribution in [0.5, 0.6) is 0 Å². The fraction of sp³-hybridized carbons (Fsp3) is 0.270. The lowest BCUT2D eigenvalue weighted by atomic mass is 9.73. The van der Waals surface area contributed by atoms with Gasteiger partial charge >= 0.3 is 0 Å². The summed E-state index contributed by atoms with van der Waals surface area (Å²) < 4.78 is 3.36. The minimum Gasteiger partial charge on any atom is -0.319 e. The Morgan fingerprint density at radius 1 is 0.907 bits per heavy atom. The first kappa shape index (κ1) is 27.5. The number of aromatic nitrogens is 3. The van der Waals surface area contributed by atoms with E-state index in [1.807, 2.05) is 29.4 Å². The van der Waals surface area contributed by atoms with E-state index in [2.05, 4.69) is 95.7 Å². The van der Waals surface area contributed by atoms with Crippen LogP contribution < -0.4 is 4.90 Å². The minimum atomic E-state index is -0.563. The Hall–Kier alpha value is -4.29. The van der Waals surface area contributed by atoms with Crippen LogP contribution in [0.15, 0.2) is 121 Å². The van der Waals surface area contributed by atoms with Gasteiger partial charge in [-0.3, -0.25) is 9.69 Å². The maximum atomic E-state index is 14.1. The van der Waals surface area contributed by atoms with E-state index in [1.165, 1.54) is 23.1 Å².